The van der Waals surface area contributed by atoms with Crippen LogP contribution in [0.1, 0.15) is 44.0 Å². The zero-order valence-corrected chi connectivity index (χ0v) is 14.2. The number of urea groups is 1. The number of amides is 2. The van der Waals surface area contributed by atoms with Crippen molar-refractivity contribution in [2.45, 2.75) is 39.2 Å². The highest BCUT2D eigenvalue weighted by atomic mass is 16.5. The molecule has 23 heavy (non-hydrogen) atoms. The average Bonchev–Trinajstić information content (AvgIpc) is 2.98. The SMILES string of the molecule is COC(=O)c1ccc(N2CCCC2)c(NC(=O)NC(C)(C)C)c1. The standard InChI is InChI=1S/C17H25N3O3/c1-17(2,3)19-16(22)18-13-11-12(15(21)23-4)7-8-14(13)20-9-5-6-10-20/h7-8,11H,5-6,9-10H2,1-4H3,(H2,18,19,22). The van der Waals surface area contributed by atoms with Crippen LogP contribution >= 0.6 is 0 Å². The Kier molecular flexibility index (Phi) is 5.13. The topological polar surface area (TPSA) is 70.7 Å². The molecular formula is C17H25N3O3. The van der Waals surface area contributed by atoms with Crippen LogP contribution in [0.3, 0.4) is 0 Å². The molecule has 0 aromatic heterocycles. The molecule has 0 unspecified atom stereocenters. The molecule has 0 aliphatic carbocycles. The normalized spacial score (nSPS) is 14.5. The minimum Gasteiger partial charge on any atom is -0.465 e. The summed E-state index contributed by atoms with van der Waals surface area (Å²) in [5.41, 5.74) is 1.63. The van der Waals surface area contributed by atoms with Crippen molar-refractivity contribution in [1.29, 1.82) is 0 Å². The van der Waals surface area contributed by atoms with Crippen molar-refractivity contribution in [3.63, 3.8) is 0 Å². The van der Waals surface area contributed by atoms with Crippen molar-refractivity contribution in [2.24, 2.45) is 0 Å². The number of hydrogen-bond acceptors (Lipinski definition) is 4. The molecule has 1 heterocycles. The van der Waals surface area contributed by atoms with Crippen molar-refractivity contribution < 1.29 is 14.3 Å². The Hall–Kier alpha value is -2.24. The Bertz CT molecular complexity index is 587. The fraction of sp³-hybridized carbons (Fsp3) is 0.529. The molecule has 6 nitrogen and oxygen atoms in total. The monoisotopic (exact) mass is 319 g/mol. The molecule has 0 radical (unpaired) electrons. The van der Waals surface area contributed by atoms with E-state index < -0.39 is 5.97 Å². The van der Waals surface area contributed by atoms with E-state index in [2.05, 4.69) is 15.5 Å². The third kappa shape index (κ3) is 4.61. The summed E-state index contributed by atoms with van der Waals surface area (Å²) in [7, 11) is 1.34. The maximum absolute atomic E-state index is 12.2. The molecule has 0 bridgehead atoms. The van der Waals surface area contributed by atoms with E-state index >= 15 is 0 Å². The van der Waals surface area contributed by atoms with Crippen molar-refractivity contribution in [3.05, 3.63) is 23.8 Å². The fourth-order valence-corrected chi connectivity index (χ4v) is 2.61. The van der Waals surface area contributed by atoms with Crippen molar-refractivity contribution in [1.82, 2.24) is 5.32 Å². The summed E-state index contributed by atoms with van der Waals surface area (Å²) in [5, 5.41) is 5.73. The lowest BCUT2D eigenvalue weighted by Gasteiger charge is -2.24. The van der Waals surface area contributed by atoms with Gasteiger partial charge in [-0.15, -0.1) is 0 Å². The summed E-state index contributed by atoms with van der Waals surface area (Å²) >= 11 is 0. The van der Waals surface area contributed by atoms with Crippen LogP contribution in [0.5, 0.6) is 0 Å². The molecule has 1 fully saturated rings. The van der Waals surface area contributed by atoms with E-state index in [0.717, 1.165) is 31.6 Å². The van der Waals surface area contributed by atoms with Crippen LogP contribution < -0.4 is 15.5 Å². The molecule has 2 amide bonds. The summed E-state index contributed by atoms with van der Waals surface area (Å²) in [6, 6.07) is 4.97. The fourth-order valence-electron chi connectivity index (χ4n) is 2.61. The Labute approximate surface area is 137 Å². The Morgan fingerprint density at radius 2 is 1.83 bits per heavy atom. The minimum absolute atomic E-state index is 0.292. The van der Waals surface area contributed by atoms with Gasteiger partial charge >= 0.3 is 12.0 Å². The highest BCUT2D eigenvalue weighted by Crippen LogP contribution is 2.30. The molecule has 1 aliphatic rings. The predicted octanol–water partition coefficient (Wildman–Crippen LogP) is 2.99. The quantitative estimate of drug-likeness (QED) is 0.840. The van der Waals surface area contributed by atoms with Crippen molar-refractivity contribution in [3.8, 4) is 0 Å². The molecule has 1 aromatic rings. The van der Waals surface area contributed by atoms with Crippen LogP contribution in [0.4, 0.5) is 16.2 Å². The lowest BCUT2D eigenvalue weighted by Crippen LogP contribution is -2.43. The van der Waals surface area contributed by atoms with Crippen LogP contribution in [0.2, 0.25) is 0 Å². The second kappa shape index (κ2) is 6.89. The number of esters is 1. The first kappa shape index (κ1) is 17.1. The number of methoxy groups -OCH3 is 1. The summed E-state index contributed by atoms with van der Waals surface area (Å²) in [6.45, 7) is 7.65. The van der Waals surface area contributed by atoms with Gasteiger partial charge in [0.2, 0.25) is 0 Å². The van der Waals surface area contributed by atoms with Crippen LogP contribution in [0.25, 0.3) is 0 Å². The van der Waals surface area contributed by atoms with Crippen LogP contribution in [0, 0.1) is 0 Å². The Morgan fingerprint density at radius 3 is 2.39 bits per heavy atom. The molecule has 2 N–H and O–H groups in total. The van der Waals surface area contributed by atoms with Gasteiger partial charge in [0.15, 0.2) is 0 Å². The highest BCUT2D eigenvalue weighted by molar-refractivity contribution is 5.97. The third-order valence-corrected chi connectivity index (χ3v) is 3.60. The molecule has 0 saturated carbocycles. The first-order valence-electron chi connectivity index (χ1n) is 7.86. The number of hydrogen-bond donors (Lipinski definition) is 2. The molecule has 0 atom stereocenters. The predicted molar refractivity (Wildman–Crippen MR) is 91.1 cm³/mol. The number of ether oxygens (including phenoxy) is 1. The Morgan fingerprint density at radius 1 is 1.17 bits per heavy atom. The number of benzene rings is 1. The maximum atomic E-state index is 12.2. The van der Waals surface area contributed by atoms with Gasteiger partial charge in [0, 0.05) is 18.6 Å². The van der Waals surface area contributed by atoms with E-state index in [1.807, 2.05) is 26.8 Å². The average molecular weight is 319 g/mol. The minimum atomic E-state index is -0.419. The van der Waals surface area contributed by atoms with E-state index in [0.29, 0.717) is 11.3 Å². The number of carbonyl (C=O) groups is 2. The van der Waals surface area contributed by atoms with Gasteiger partial charge < -0.3 is 20.3 Å². The smallest absolute Gasteiger partial charge is 0.337 e. The lowest BCUT2D eigenvalue weighted by atomic mass is 10.1. The molecule has 2 rings (SSSR count). The second-order valence-corrected chi connectivity index (χ2v) is 6.75. The summed E-state index contributed by atoms with van der Waals surface area (Å²) in [4.78, 5) is 26.2. The number of nitrogens with one attached hydrogen (secondary N) is 2. The van der Waals surface area contributed by atoms with Gasteiger partial charge in [-0.25, -0.2) is 9.59 Å². The van der Waals surface area contributed by atoms with Crippen molar-refractivity contribution in [2.75, 3.05) is 30.4 Å². The van der Waals surface area contributed by atoms with Crippen LogP contribution in [0.15, 0.2) is 18.2 Å². The number of nitrogens with zero attached hydrogens (tertiary/aromatic N) is 1. The highest BCUT2D eigenvalue weighted by Gasteiger charge is 2.20. The molecule has 6 heteroatoms. The first-order chi connectivity index (χ1) is 10.8. The van der Waals surface area contributed by atoms with E-state index in [4.69, 9.17) is 4.74 Å². The number of anilines is 2. The van der Waals surface area contributed by atoms with E-state index in [1.54, 1.807) is 12.1 Å². The van der Waals surface area contributed by atoms with Gasteiger partial charge in [-0.3, -0.25) is 0 Å². The largest absolute Gasteiger partial charge is 0.465 e. The molecule has 126 valence electrons. The van der Waals surface area contributed by atoms with Crippen molar-refractivity contribution >= 4 is 23.4 Å². The lowest BCUT2D eigenvalue weighted by molar-refractivity contribution is 0.0600. The molecule has 1 aliphatic heterocycles. The van der Waals surface area contributed by atoms with Crippen LogP contribution in [-0.2, 0) is 4.74 Å². The zero-order valence-electron chi connectivity index (χ0n) is 14.2. The van der Waals surface area contributed by atoms with E-state index in [-0.39, 0.29) is 11.6 Å². The molecule has 1 saturated heterocycles. The van der Waals surface area contributed by atoms with Gasteiger partial charge in [0.1, 0.15) is 0 Å². The summed E-state index contributed by atoms with van der Waals surface area (Å²) in [5.74, 6) is -0.419. The first-order valence-corrected chi connectivity index (χ1v) is 7.86. The van der Waals surface area contributed by atoms with E-state index in [9.17, 15) is 9.59 Å². The molecule has 0 spiro atoms. The number of rotatable bonds is 3. The summed E-state index contributed by atoms with van der Waals surface area (Å²) in [6.07, 6.45) is 2.26. The number of carbonyl (C=O) groups excluding carboxylic acids is 2. The van der Waals surface area contributed by atoms with Gasteiger partial charge in [-0.05, 0) is 51.8 Å². The van der Waals surface area contributed by atoms with Gasteiger partial charge in [-0.1, -0.05) is 0 Å². The Balaban J connectivity index is 2.28. The molecule has 1 aromatic carbocycles. The second-order valence-electron chi connectivity index (χ2n) is 6.75. The van der Waals surface area contributed by atoms with E-state index in [1.165, 1.54) is 7.11 Å². The maximum Gasteiger partial charge on any atom is 0.337 e. The van der Waals surface area contributed by atoms with Gasteiger partial charge in [0.25, 0.3) is 0 Å². The summed E-state index contributed by atoms with van der Waals surface area (Å²) < 4.78 is 4.76. The van der Waals surface area contributed by atoms with Crippen LogP contribution in [-0.4, -0.2) is 37.7 Å². The molecular weight excluding hydrogens is 294 g/mol. The third-order valence-electron chi connectivity index (χ3n) is 3.60. The van der Waals surface area contributed by atoms with Gasteiger partial charge in [0.05, 0.1) is 24.0 Å². The van der Waals surface area contributed by atoms with Gasteiger partial charge in [-0.2, -0.15) is 0 Å². The zero-order chi connectivity index (χ0) is 17.0.